The van der Waals surface area contributed by atoms with Crippen LogP contribution in [0.25, 0.3) is 0 Å². The van der Waals surface area contributed by atoms with E-state index in [4.69, 9.17) is 5.73 Å². The van der Waals surface area contributed by atoms with Crippen LogP contribution in [-0.4, -0.2) is 11.2 Å². The summed E-state index contributed by atoms with van der Waals surface area (Å²) in [5, 5.41) is 10.0. The van der Waals surface area contributed by atoms with Gasteiger partial charge in [0.25, 0.3) is 0 Å². The van der Waals surface area contributed by atoms with E-state index in [-0.39, 0.29) is 18.0 Å². The maximum absolute atomic E-state index is 13.6. The predicted molar refractivity (Wildman–Crippen MR) is 76.7 cm³/mol. The smallest absolute Gasteiger partial charge is 0.130 e. The standard InChI is InChI=1S/C15H15F2NO.ClH/c16-11-6-7-12(13(17)9-11)15(18)14(19)8-10-4-2-1-3-5-10;/h1-7,9,14-15,19H,8,18H2;1H/t14-,15+;/m1./s1. The molecule has 5 heteroatoms. The Morgan fingerprint density at radius 3 is 2.30 bits per heavy atom. The minimum atomic E-state index is -0.928. The van der Waals surface area contributed by atoms with Crippen LogP contribution >= 0.6 is 12.4 Å². The van der Waals surface area contributed by atoms with Gasteiger partial charge in [0.1, 0.15) is 11.6 Å². The van der Waals surface area contributed by atoms with Gasteiger partial charge in [-0.05, 0) is 11.6 Å². The molecule has 0 bridgehead atoms. The minimum Gasteiger partial charge on any atom is -0.391 e. The number of aliphatic hydroxyl groups is 1. The number of halogens is 3. The molecule has 0 aliphatic carbocycles. The molecule has 0 aliphatic heterocycles. The van der Waals surface area contributed by atoms with Gasteiger partial charge in [-0.3, -0.25) is 0 Å². The molecule has 0 aliphatic rings. The van der Waals surface area contributed by atoms with Crippen molar-refractivity contribution in [3.63, 3.8) is 0 Å². The van der Waals surface area contributed by atoms with Crippen molar-refractivity contribution in [2.45, 2.75) is 18.6 Å². The van der Waals surface area contributed by atoms with Crippen molar-refractivity contribution in [1.29, 1.82) is 0 Å². The van der Waals surface area contributed by atoms with Gasteiger partial charge in [0.15, 0.2) is 0 Å². The molecule has 2 rings (SSSR count). The molecule has 0 unspecified atom stereocenters. The fourth-order valence-corrected chi connectivity index (χ4v) is 1.96. The van der Waals surface area contributed by atoms with Crippen molar-refractivity contribution in [3.8, 4) is 0 Å². The first kappa shape index (κ1) is 16.6. The van der Waals surface area contributed by atoms with Gasteiger partial charge in [0.2, 0.25) is 0 Å². The van der Waals surface area contributed by atoms with E-state index in [0.717, 1.165) is 17.7 Å². The molecule has 0 saturated heterocycles. The Bertz CT molecular complexity index is 551. The van der Waals surface area contributed by atoms with E-state index in [1.807, 2.05) is 30.3 Å². The first-order chi connectivity index (χ1) is 9.08. The van der Waals surface area contributed by atoms with Crippen molar-refractivity contribution < 1.29 is 13.9 Å². The Morgan fingerprint density at radius 2 is 1.70 bits per heavy atom. The van der Waals surface area contributed by atoms with E-state index >= 15 is 0 Å². The van der Waals surface area contributed by atoms with Crippen LogP contribution < -0.4 is 5.73 Å². The molecular weight excluding hydrogens is 284 g/mol. The Labute approximate surface area is 122 Å². The second-order valence-electron chi connectivity index (χ2n) is 4.45. The molecule has 0 radical (unpaired) electrons. The number of rotatable bonds is 4. The predicted octanol–water partition coefficient (Wildman–Crippen LogP) is 2.99. The van der Waals surface area contributed by atoms with E-state index in [0.29, 0.717) is 6.42 Å². The molecule has 2 nitrogen and oxygen atoms in total. The summed E-state index contributed by atoms with van der Waals surface area (Å²) in [5.41, 5.74) is 6.85. The highest BCUT2D eigenvalue weighted by Crippen LogP contribution is 2.21. The summed E-state index contributed by atoms with van der Waals surface area (Å²) in [6.45, 7) is 0. The largest absolute Gasteiger partial charge is 0.391 e. The molecule has 0 heterocycles. The number of benzene rings is 2. The van der Waals surface area contributed by atoms with Gasteiger partial charge in [-0.1, -0.05) is 36.4 Å². The third-order valence-electron chi connectivity index (χ3n) is 3.02. The molecule has 0 amide bonds. The topological polar surface area (TPSA) is 46.2 Å². The summed E-state index contributed by atoms with van der Waals surface area (Å²) >= 11 is 0. The minimum absolute atomic E-state index is 0. The highest BCUT2D eigenvalue weighted by Gasteiger charge is 2.20. The molecule has 3 N–H and O–H groups in total. The zero-order valence-corrected chi connectivity index (χ0v) is 11.5. The molecule has 2 atom stereocenters. The lowest BCUT2D eigenvalue weighted by atomic mass is 9.96. The Hall–Kier alpha value is -1.49. The van der Waals surface area contributed by atoms with Crippen molar-refractivity contribution in [2.75, 3.05) is 0 Å². The SMILES string of the molecule is Cl.N[C@@H](c1ccc(F)cc1F)[C@H](O)Cc1ccccc1. The van der Waals surface area contributed by atoms with Crippen LogP contribution in [0.2, 0.25) is 0 Å². The molecule has 2 aromatic rings. The van der Waals surface area contributed by atoms with Crippen LogP contribution in [0.3, 0.4) is 0 Å². The average molecular weight is 300 g/mol. The first-order valence-electron chi connectivity index (χ1n) is 6.00. The van der Waals surface area contributed by atoms with Crippen molar-refractivity contribution >= 4 is 12.4 Å². The summed E-state index contributed by atoms with van der Waals surface area (Å²) in [6.07, 6.45) is -0.610. The number of hydrogen-bond acceptors (Lipinski definition) is 2. The molecule has 0 spiro atoms. The summed E-state index contributed by atoms with van der Waals surface area (Å²) in [5.74, 6) is -1.40. The number of nitrogens with two attached hydrogens (primary N) is 1. The molecule has 2 aromatic carbocycles. The second kappa shape index (κ2) is 7.33. The zero-order chi connectivity index (χ0) is 13.8. The third-order valence-corrected chi connectivity index (χ3v) is 3.02. The van der Waals surface area contributed by atoms with Crippen LogP contribution in [0, 0.1) is 11.6 Å². The van der Waals surface area contributed by atoms with Crippen LogP contribution in [0.15, 0.2) is 48.5 Å². The van der Waals surface area contributed by atoms with E-state index in [1.54, 1.807) is 0 Å². The third kappa shape index (κ3) is 4.00. The quantitative estimate of drug-likeness (QED) is 0.911. The highest BCUT2D eigenvalue weighted by molar-refractivity contribution is 5.85. The van der Waals surface area contributed by atoms with Crippen molar-refractivity contribution in [1.82, 2.24) is 0 Å². The maximum Gasteiger partial charge on any atom is 0.130 e. The molecule has 0 fully saturated rings. The Morgan fingerprint density at radius 1 is 1.05 bits per heavy atom. The van der Waals surface area contributed by atoms with Gasteiger partial charge in [-0.15, -0.1) is 12.4 Å². The second-order valence-corrected chi connectivity index (χ2v) is 4.45. The number of hydrogen-bond donors (Lipinski definition) is 2. The molecular formula is C15H16ClF2NO. The first-order valence-corrected chi connectivity index (χ1v) is 6.00. The lowest BCUT2D eigenvalue weighted by Crippen LogP contribution is -2.29. The van der Waals surface area contributed by atoms with Crippen LogP contribution in [-0.2, 0) is 6.42 Å². The Balaban J connectivity index is 0.00000200. The highest BCUT2D eigenvalue weighted by atomic mass is 35.5. The monoisotopic (exact) mass is 299 g/mol. The summed E-state index contributed by atoms with van der Waals surface area (Å²) < 4.78 is 26.4. The van der Waals surface area contributed by atoms with Gasteiger partial charge in [-0.2, -0.15) is 0 Å². The van der Waals surface area contributed by atoms with Gasteiger partial charge in [0.05, 0.1) is 12.1 Å². The average Bonchev–Trinajstić information content (AvgIpc) is 2.39. The molecule has 0 saturated carbocycles. The fourth-order valence-electron chi connectivity index (χ4n) is 1.96. The fraction of sp³-hybridized carbons (Fsp3) is 0.200. The van der Waals surface area contributed by atoms with Crippen molar-refractivity contribution in [3.05, 3.63) is 71.3 Å². The van der Waals surface area contributed by atoms with E-state index in [9.17, 15) is 13.9 Å². The van der Waals surface area contributed by atoms with Crippen LogP contribution in [0.4, 0.5) is 8.78 Å². The van der Waals surface area contributed by atoms with Crippen LogP contribution in [0.5, 0.6) is 0 Å². The van der Waals surface area contributed by atoms with Gasteiger partial charge in [-0.25, -0.2) is 8.78 Å². The maximum atomic E-state index is 13.6. The van der Waals surface area contributed by atoms with Crippen LogP contribution in [0.1, 0.15) is 17.2 Å². The summed E-state index contributed by atoms with van der Waals surface area (Å²) in [4.78, 5) is 0. The number of aliphatic hydroxyl groups excluding tert-OH is 1. The molecule has 108 valence electrons. The lowest BCUT2D eigenvalue weighted by Gasteiger charge is -2.19. The zero-order valence-electron chi connectivity index (χ0n) is 10.7. The lowest BCUT2D eigenvalue weighted by molar-refractivity contribution is 0.143. The van der Waals surface area contributed by atoms with E-state index < -0.39 is 23.8 Å². The normalized spacial score (nSPS) is 13.4. The van der Waals surface area contributed by atoms with Crippen molar-refractivity contribution in [2.24, 2.45) is 5.73 Å². The Kier molecular flexibility index (Phi) is 6.07. The van der Waals surface area contributed by atoms with Gasteiger partial charge < -0.3 is 10.8 Å². The summed E-state index contributed by atoms with van der Waals surface area (Å²) in [6, 6.07) is 11.6. The molecule has 20 heavy (non-hydrogen) atoms. The molecule has 0 aromatic heterocycles. The van der Waals surface area contributed by atoms with E-state index in [2.05, 4.69) is 0 Å². The van der Waals surface area contributed by atoms with Gasteiger partial charge >= 0.3 is 0 Å². The van der Waals surface area contributed by atoms with E-state index in [1.165, 1.54) is 6.07 Å². The van der Waals surface area contributed by atoms with Gasteiger partial charge in [0, 0.05) is 18.1 Å². The summed E-state index contributed by atoms with van der Waals surface area (Å²) in [7, 11) is 0.